The first-order chi connectivity index (χ1) is 14.2. The van der Waals surface area contributed by atoms with Crippen molar-refractivity contribution in [3.8, 4) is 0 Å². The van der Waals surface area contributed by atoms with Crippen LogP contribution in [0.5, 0.6) is 0 Å². The van der Waals surface area contributed by atoms with Crippen LogP contribution in [0.15, 0.2) is 42.5 Å². The van der Waals surface area contributed by atoms with E-state index in [9.17, 15) is 9.90 Å². The Labute approximate surface area is 171 Å². The van der Waals surface area contributed by atoms with Crippen LogP contribution in [0, 0.1) is 5.92 Å². The van der Waals surface area contributed by atoms with Gasteiger partial charge >= 0.3 is 0 Å². The van der Waals surface area contributed by atoms with Crippen LogP contribution >= 0.6 is 0 Å². The van der Waals surface area contributed by atoms with Crippen molar-refractivity contribution < 1.29 is 14.6 Å². The molecule has 3 heterocycles. The molecule has 3 aliphatic rings. The van der Waals surface area contributed by atoms with Crippen LogP contribution in [-0.4, -0.2) is 35.6 Å². The number of nitrogens with zero attached hydrogens (tertiary/aromatic N) is 1. The molecule has 0 radical (unpaired) electrons. The Balaban J connectivity index is 1.39. The van der Waals surface area contributed by atoms with E-state index in [1.807, 2.05) is 24.3 Å². The number of aliphatic hydroxyl groups is 1. The number of amides is 1. The van der Waals surface area contributed by atoms with Gasteiger partial charge < -0.3 is 15.2 Å². The molecular weight excluding hydrogens is 364 g/mol. The molecule has 1 amide bonds. The number of fused-ring (bicyclic) bond motifs is 2. The second-order valence-electron chi connectivity index (χ2n) is 8.24. The lowest BCUT2D eigenvalue weighted by Gasteiger charge is -2.32. The topological polar surface area (TPSA) is 61.8 Å². The molecule has 2 aromatic carbocycles. The molecule has 0 saturated carbocycles. The summed E-state index contributed by atoms with van der Waals surface area (Å²) in [6, 6.07) is 14.2. The van der Waals surface area contributed by atoms with E-state index in [1.54, 1.807) is 0 Å². The van der Waals surface area contributed by atoms with E-state index < -0.39 is 0 Å². The molecule has 5 heteroatoms. The summed E-state index contributed by atoms with van der Waals surface area (Å²) in [4.78, 5) is 15.1. The Bertz CT molecular complexity index is 980. The fourth-order valence-corrected chi connectivity index (χ4v) is 4.83. The highest BCUT2D eigenvalue weighted by molar-refractivity contribution is 6.36. The monoisotopic (exact) mass is 390 g/mol. The summed E-state index contributed by atoms with van der Waals surface area (Å²) in [6.07, 6.45) is 3.31. The average molecular weight is 390 g/mol. The maximum Gasteiger partial charge on any atom is 0.260 e. The Kier molecular flexibility index (Phi) is 4.86. The van der Waals surface area contributed by atoms with Crippen LogP contribution in [0.4, 0.5) is 5.69 Å². The van der Waals surface area contributed by atoms with Crippen LogP contribution in [0.1, 0.15) is 41.5 Å². The highest BCUT2D eigenvalue weighted by Gasteiger charge is 2.32. The molecule has 150 valence electrons. The number of para-hydroxylation sites is 1. The van der Waals surface area contributed by atoms with Crippen molar-refractivity contribution in [2.24, 2.45) is 5.92 Å². The number of likely N-dealkylation sites (tertiary alicyclic amines) is 1. The van der Waals surface area contributed by atoms with Gasteiger partial charge in [-0.2, -0.15) is 0 Å². The van der Waals surface area contributed by atoms with Crippen molar-refractivity contribution in [2.75, 3.05) is 25.0 Å². The van der Waals surface area contributed by atoms with Crippen molar-refractivity contribution in [1.82, 2.24) is 4.90 Å². The Hall–Kier alpha value is -2.63. The molecule has 3 aliphatic heterocycles. The van der Waals surface area contributed by atoms with Crippen LogP contribution in [-0.2, 0) is 22.7 Å². The highest BCUT2D eigenvalue weighted by atomic mass is 16.5. The number of piperidine rings is 1. The summed E-state index contributed by atoms with van der Waals surface area (Å²) in [5, 5.41) is 12.2. The van der Waals surface area contributed by atoms with Crippen molar-refractivity contribution in [1.29, 1.82) is 0 Å². The molecular formula is C24H26N2O3. The first-order valence-electron chi connectivity index (χ1n) is 10.5. The zero-order valence-electron chi connectivity index (χ0n) is 16.5. The fourth-order valence-electron chi connectivity index (χ4n) is 4.83. The number of benzene rings is 2. The number of rotatable bonds is 4. The maximum atomic E-state index is 12.6. The first kappa shape index (κ1) is 18.4. The SMILES string of the molecule is O=C1Nc2ccccc2/C1=C1\OCc2cc(CN3CCCC(CCO)C3)ccc21. The third kappa shape index (κ3) is 3.45. The number of carbonyl (C=O) groups excluding carboxylic acids is 1. The third-order valence-corrected chi connectivity index (χ3v) is 6.23. The summed E-state index contributed by atoms with van der Waals surface area (Å²) < 4.78 is 6.01. The number of hydrogen-bond donors (Lipinski definition) is 2. The zero-order chi connectivity index (χ0) is 19.8. The zero-order valence-corrected chi connectivity index (χ0v) is 16.5. The van der Waals surface area contributed by atoms with Gasteiger partial charge in [0.25, 0.3) is 5.91 Å². The van der Waals surface area contributed by atoms with E-state index in [-0.39, 0.29) is 12.5 Å². The second-order valence-corrected chi connectivity index (χ2v) is 8.24. The highest BCUT2D eigenvalue weighted by Crippen LogP contribution is 2.41. The lowest BCUT2D eigenvalue weighted by molar-refractivity contribution is -0.110. The average Bonchev–Trinajstić information content (AvgIpc) is 3.27. The number of hydrogen-bond acceptors (Lipinski definition) is 4. The molecule has 0 spiro atoms. The fraction of sp³-hybridized carbons (Fsp3) is 0.375. The molecule has 5 nitrogen and oxygen atoms in total. The second kappa shape index (κ2) is 7.65. The summed E-state index contributed by atoms with van der Waals surface area (Å²) in [6.45, 7) is 3.88. The number of nitrogens with one attached hydrogen (secondary N) is 1. The van der Waals surface area contributed by atoms with Gasteiger partial charge in [0, 0.05) is 42.1 Å². The van der Waals surface area contributed by atoms with Crippen LogP contribution in [0.2, 0.25) is 0 Å². The molecule has 0 bridgehead atoms. The summed E-state index contributed by atoms with van der Waals surface area (Å²) in [7, 11) is 0. The van der Waals surface area contributed by atoms with Gasteiger partial charge in [-0.1, -0.05) is 36.4 Å². The minimum absolute atomic E-state index is 0.0960. The molecule has 0 aromatic heterocycles. The van der Waals surface area contributed by atoms with E-state index in [1.165, 1.54) is 18.4 Å². The largest absolute Gasteiger partial charge is 0.487 e. The van der Waals surface area contributed by atoms with E-state index in [4.69, 9.17) is 4.74 Å². The van der Waals surface area contributed by atoms with Gasteiger partial charge in [0.1, 0.15) is 12.4 Å². The van der Waals surface area contributed by atoms with Crippen LogP contribution in [0.3, 0.4) is 0 Å². The third-order valence-electron chi connectivity index (χ3n) is 6.23. The molecule has 29 heavy (non-hydrogen) atoms. The number of carbonyl (C=O) groups is 1. The molecule has 5 rings (SSSR count). The van der Waals surface area contributed by atoms with Crippen molar-refractivity contribution >= 4 is 22.9 Å². The number of ether oxygens (including phenoxy) is 1. The predicted octanol–water partition coefficient (Wildman–Crippen LogP) is 3.63. The van der Waals surface area contributed by atoms with Gasteiger partial charge in [-0.15, -0.1) is 0 Å². The van der Waals surface area contributed by atoms with Gasteiger partial charge in [-0.25, -0.2) is 0 Å². The lowest BCUT2D eigenvalue weighted by Crippen LogP contribution is -2.35. The van der Waals surface area contributed by atoms with E-state index >= 15 is 0 Å². The van der Waals surface area contributed by atoms with Crippen molar-refractivity contribution in [3.63, 3.8) is 0 Å². The molecule has 0 aliphatic carbocycles. The van der Waals surface area contributed by atoms with E-state index in [0.717, 1.165) is 48.4 Å². The molecule has 1 fully saturated rings. The summed E-state index contributed by atoms with van der Waals surface area (Å²) in [5.74, 6) is 1.19. The van der Waals surface area contributed by atoms with Gasteiger partial charge in [-0.3, -0.25) is 9.69 Å². The van der Waals surface area contributed by atoms with Gasteiger partial charge in [-0.05, 0) is 43.4 Å². The number of anilines is 1. The van der Waals surface area contributed by atoms with Gasteiger partial charge in [0.15, 0.2) is 0 Å². The van der Waals surface area contributed by atoms with Crippen LogP contribution < -0.4 is 5.32 Å². The molecule has 1 atom stereocenters. The van der Waals surface area contributed by atoms with Gasteiger partial charge in [0.05, 0.1) is 5.57 Å². The van der Waals surface area contributed by atoms with E-state index in [2.05, 4.69) is 28.4 Å². The Morgan fingerprint density at radius 1 is 1.17 bits per heavy atom. The summed E-state index contributed by atoms with van der Waals surface area (Å²) in [5.41, 5.74) is 5.83. The number of aliphatic hydroxyl groups excluding tert-OH is 1. The minimum atomic E-state index is -0.0960. The van der Waals surface area contributed by atoms with Crippen molar-refractivity contribution in [2.45, 2.75) is 32.4 Å². The standard InChI is InChI=1S/C24H26N2O3/c27-11-9-16-4-3-10-26(13-16)14-17-7-8-19-18(12-17)15-29-23(19)22-20-5-1-2-6-21(20)25-24(22)28/h1-2,5-8,12,16,27H,3-4,9-11,13-15H2,(H,25,28)/b23-22+. The molecule has 2 aromatic rings. The van der Waals surface area contributed by atoms with Crippen LogP contribution in [0.25, 0.3) is 11.3 Å². The van der Waals surface area contributed by atoms with E-state index in [0.29, 0.717) is 23.9 Å². The minimum Gasteiger partial charge on any atom is -0.487 e. The molecule has 1 saturated heterocycles. The maximum absolute atomic E-state index is 12.6. The quantitative estimate of drug-likeness (QED) is 0.783. The molecule has 2 N–H and O–H groups in total. The van der Waals surface area contributed by atoms with Gasteiger partial charge in [0.2, 0.25) is 0 Å². The smallest absolute Gasteiger partial charge is 0.260 e. The molecule has 1 unspecified atom stereocenters. The summed E-state index contributed by atoms with van der Waals surface area (Å²) >= 11 is 0. The Morgan fingerprint density at radius 3 is 2.97 bits per heavy atom. The first-order valence-corrected chi connectivity index (χ1v) is 10.5. The van der Waals surface area contributed by atoms with Crippen molar-refractivity contribution in [3.05, 3.63) is 64.7 Å². The predicted molar refractivity (Wildman–Crippen MR) is 113 cm³/mol. The lowest BCUT2D eigenvalue weighted by atomic mass is 9.94. The normalized spacial score (nSPS) is 23.5. The Morgan fingerprint density at radius 2 is 2.07 bits per heavy atom.